The largest absolute Gasteiger partial charge is 0.497 e. The van der Waals surface area contributed by atoms with Gasteiger partial charge in [-0.1, -0.05) is 11.6 Å². The highest BCUT2D eigenvalue weighted by Crippen LogP contribution is 2.38. The Hall–Kier alpha value is -2.33. The minimum atomic E-state index is -0.291. The van der Waals surface area contributed by atoms with Crippen molar-refractivity contribution in [2.45, 2.75) is 6.92 Å². The quantitative estimate of drug-likeness (QED) is 0.486. The van der Waals surface area contributed by atoms with Crippen LogP contribution >= 0.6 is 11.3 Å². The maximum atomic E-state index is 12.4. The van der Waals surface area contributed by atoms with Crippen molar-refractivity contribution < 1.29 is 9.15 Å². The monoisotopic (exact) mass is 296 g/mol. The van der Waals surface area contributed by atoms with Crippen LogP contribution in [-0.2, 0) is 0 Å². The van der Waals surface area contributed by atoms with E-state index in [4.69, 9.17) is 9.15 Å². The Bertz CT molecular complexity index is 1060. The number of hydrogen-bond donors (Lipinski definition) is 0. The summed E-state index contributed by atoms with van der Waals surface area (Å²) in [6, 6.07) is 11.7. The van der Waals surface area contributed by atoms with Crippen LogP contribution in [0.3, 0.4) is 0 Å². The van der Waals surface area contributed by atoms with E-state index in [1.165, 1.54) is 0 Å². The number of benzene rings is 2. The Morgan fingerprint density at radius 2 is 1.95 bits per heavy atom. The molecule has 0 saturated carbocycles. The summed E-state index contributed by atoms with van der Waals surface area (Å²) in [4.78, 5) is 12.4. The van der Waals surface area contributed by atoms with Crippen molar-refractivity contribution in [1.29, 1.82) is 0 Å². The van der Waals surface area contributed by atoms with E-state index in [0.717, 1.165) is 31.5 Å². The topological polar surface area (TPSA) is 39.4 Å². The molecule has 2 aromatic heterocycles. The second-order valence-corrected chi connectivity index (χ2v) is 6.11. The zero-order valence-corrected chi connectivity index (χ0v) is 12.4. The fourth-order valence-electron chi connectivity index (χ4n) is 2.66. The number of methoxy groups -OCH3 is 1. The van der Waals surface area contributed by atoms with Gasteiger partial charge in [-0.15, -0.1) is 11.3 Å². The second-order valence-electron chi connectivity index (χ2n) is 5.06. The molecule has 3 nitrogen and oxygen atoms in total. The fraction of sp³-hybridized carbons (Fsp3) is 0.118. The van der Waals surface area contributed by atoms with Gasteiger partial charge in [0.25, 0.3) is 0 Å². The van der Waals surface area contributed by atoms with Crippen molar-refractivity contribution in [2.24, 2.45) is 0 Å². The van der Waals surface area contributed by atoms with Crippen LogP contribution in [0.4, 0.5) is 0 Å². The van der Waals surface area contributed by atoms with Gasteiger partial charge in [-0.25, -0.2) is 4.79 Å². The van der Waals surface area contributed by atoms with Crippen LogP contribution in [0.15, 0.2) is 45.6 Å². The number of ether oxygens (including phenoxy) is 1. The average Bonchev–Trinajstić information content (AvgIpc) is 2.87. The lowest BCUT2D eigenvalue weighted by molar-refractivity contribution is 0.415. The summed E-state index contributed by atoms with van der Waals surface area (Å²) in [6.45, 7) is 2.03. The summed E-state index contributed by atoms with van der Waals surface area (Å²) < 4.78 is 12.8. The van der Waals surface area contributed by atoms with Gasteiger partial charge in [0.05, 0.1) is 17.2 Å². The molecule has 2 aromatic carbocycles. The molecule has 104 valence electrons. The molecule has 0 fully saturated rings. The Kier molecular flexibility index (Phi) is 2.56. The molecule has 0 amide bonds. The minimum absolute atomic E-state index is 0.291. The first-order valence-electron chi connectivity index (χ1n) is 6.61. The first-order valence-corrected chi connectivity index (χ1v) is 7.43. The molecule has 0 aliphatic heterocycles. The number of rotatable bonds is 1. The summed E-state index contributed by atoms with van der Waals surface area (Å²) in [6.07, 6.45) is 0. The number of hydrogen-bond acceptors (Lipinski definition) is 4. The van der Waals surface area contributed by atoms with Crippen LogP contribution in [0.2, 0.25) is 0 Å². The molecule has 0 spiro atoms. The number of fused-ring (bicyclic) bond motifs is 5. The molecular weight excluding hydrogens is 284 g/mol. The summed E-state index contributed by atoms with van der Waals surface area (Å²) in [5.74, 6) is 0.742. The highest BCUT2D eigenvalue weighted by Gasteiger charge is 2.14. The van der Waals surface area contributed by atoms with Crippen molar-refractivity contribution in [3.63, 3.8) is 0 Å². The maximum absolute atomic E-state index is 12.4. The van der Waals surface area contributed by atoms with E-state index in [0.29, 0.717) is 11.0 Å². The van der Waals surface area contributed by atoms with E-state index in [2.05, 4.69) is 6.07 Å². The molecule has 0 aliphatic carbocycles. The highest BCUT2D eigenvalue weighted by molar-refractivity contribution is 7.26. The van der Waals surface area contributed by atoms with Crippen molar-refractivity contribution in [3.8, 4) is 5.75 Å². The van der Waals surface area contributed by atoms with Gasteiger partial charge in [0.1, 0.15) is 11.3 Å². The van der Waals surface area contributed by atoms with Crippen LogP contribution in [0.5, 0.6) is 5.75 Å². The standard InChI is InChI=1S/C17H12O3S/c1-9-3-5-13-11(7-9)16-15(17(18)20-13)12-8-10(19-2)4-6-14(12)21-16/h3-8H,1-2H3. The third kappa shape index (κ3) is 1.76. The Labute approximate surface area is 124 Å². The molecule has 0 aliphatic rings. The summed E-state index contributed by atoms with van der Waals surface area (Å²) in [5, 5.41) is 2.53. The molecule has 4 heteroatoms. The summed E-state index contributed by atoms with van der Waals surface area (Å²) >= 11 is 1.62. The van der Waals surface area contributed by atoms with Crippen LogP contribution in [-0.4, -0.2) is 7.11 Å². The highest BCUT2D eigenvalue weighted by atomic mass is 32.1. The summed E-state index contributed by atoms with van der Waals surface area (Å²) in [5.41, 5.74) is 1.49. The van der Waals surface area contributed by atoms with E-state index >= 15 is 0 Å². The van der Waals surface area contributed by atoms with Gasteiger partial charge in [-0.2, -0.15) is 0 Å². The lowest BCUT2D eigenvalue weighted by Crippen LogP contribution is -1.98. The minimum Gasteiger partial charge on any atom is -0.497 e. The van der Waals surface area contributed by atoms with Crippen molar-refractivity contribution in [2.75, 3.05) is 7.11 Å². The molecule has 0 unspecified atom stereocenters. The molecule has 21 heavy (non-hydrogen) atoms. The third-order valence-corrected chi connectivity index (χ3v) is 4.89. The first-order chi connectivity index (χ1) is 10.2. The van der Waals surface area contributed by atoms with Gasteiger partial charge >= 0.3 is 5.63 Å². The van der Waals surface area contributed by atoms with Gasteiger partial charge in [-0.05, 0) is 37.3 Å². The zero-order chi connectivity index (χ0) is 14.6. The summed E-state index contributed by atoms with van der Waals surface area (Å²) in [7, 11) is 1.62. The van der Waals surface area contributed by atoms with Gasteiger partial charge in [-0.3, -0.25) is 0 Å². The molecule has 4 aromatic rings. The molecule has 0 bridgehead atoms. The zero-order valence-electron chi connectivity index (χ0n) is 11.6. The maximum Gasteiger partial charge on any atom is 0.345 e. The predicted molar refractivity (Wildman–Crippen MR) is 86.7 cm³/mol. The Morgan fingerprint density at radius 1 is 1.10 bits per heavy atom. The van der Waals surface area contributed by atoms with Crippen molar-refractivity contribution in [1.82, 2.24) is 0 Å². The average molecular weight is 296 g/mol. The van der Waals surface area contributed by atoms with Crippen molar-refractivity contribution >= 4 is 42.5 Å². The van der Waals surface area contributed by atoms with Gasteiger partial charge in [0.15, 0.2) is 0 Å². The smallest absolute Gasteiger partial charge is 0.345 e. The van der Waals surface area contributed by atoms with Crippen LogP contribution < -0.4 is 10.4 Å². The van der Waals surface area contributed by atoms with E-state index in [1.807, 2.05) is 37.3 Å². The number of thiophene rings is 1. The van der Waals surface area contributed by atoms with E-state index in [1.54, 1.807) is 18.4 Å². The lowest BCUT2D eigenvalue weighted by Gasteiger charge is -2.00. The molecule has 0 radical (unpaired) electrons. The Morgan fingerprint density at radius 3 is 2.76 bits per heavy atom. The first kappa shape index (κ1) is 12.4. The molecule has 0 atom stereocenters. The third-order valence-electron chi connectivity index (χ3n) is 3.68. The van der Waals surface area contributed by atoms with Gasteiger partial charge < -0.3 is 9.15 Å². The van der Waals surface area contributed by atoms with Gasteiger partial charge in [0.2, 0.25) is 0 Å². The second kappa shape index (κ2) is 4.33. The lowest BCUT2D eigenvalue weighted by atomic mass is 10.1. The molecule has 2 heterocycles. The van der Waals surface area contributed by atoms with E-state index in [9.17, 15) is 4.79 Å². The van der Waals surface area contributed by atoms with Crippen LogP contribution in [0, 0.1) is 6.92 Å². The van der Waals surface area contributed by atoms with Crippen LogP contribution in [0.25, 0.3) is 31.1 Å². The molecule has 4 rings (SSSR count). The van der Waals surface area contributed by atoms with E-state index in [-0.39, 0.29) is 5.63 Å². The van der Waals surface area contributed by atoms with Gasteiger partial charge in [0, 0.05) is 15.5 Å². The molecule has 0 N–H and O–H groups in total. The Balaban J connectivity index is 2.28. The molecular formula is C17H12O3S. The number of aryl methyl sites for hydroxylation is 1. The fourth-order valence-corrected chi connectivity index (χ4v) is 3.85. The van der Waals surface area contributed by atoms with Crippen LogP contribution in [0.1, 0.15) is 5.56 Å². The molecule has 0 saturated heterocycles. The van der Waals surface area contributed by atoms with Crippen molar-refractivity contribution in [3.05, 3.63) is 52.4 Å². The van der Waals surface area contributed by atoms with E-state index < -0.39 is 0 Å². The normalized spacial score (nSPS) is 11.5. The SMILES string of the molecule is COc1ccc2sc3c4cc(C)ccc4oc(=O)c3c2c1. The predicted octanol–water partition coefficient (Wildman–Crippen LogP) is 4.48.